The van der Waals surface area contributed by atoms with Gasteiger partial charge < -0.3 is 15.4 Å². The molecule has 0 aliphatic carbocycles. The molecular formula is C19H25F3N4OS. The van der Waals surface area contributed by atoms with Crippen LogP contribution in [0.3, 0.4) is 0 Å². The molecule has 0 fully saturated rings. The van der Waals surface area contributed by atoms with Crippen LogP contribution < -0.4 is 15.4 Å². The Labute approximate surface area is 167 Å². The summed E-state index contributed by atoms with van der Waals surface area (Å²) in [6.07, 6.45) is -4.67. The van der Waals surface area contributed by atoms with Crippen molar-refractivity contribution in [2.75, 3.05) is 7.05 Å². The van der Waals surface area contributed by atoms with Crippen molar-refractivity contribution in [2.24, 2.45) is 4.99 Å². The second kappa shape index (κ2) is 9.27. The number of benzene rings is 1. The third-order valence-electron chi connectivity index (χ3n) is 3.91. The largest absolute Gasteiger partial charge is 0.491 e. The molecular weight excluding hydrogens is 389 g/mol. The number of hydrogen-bond acceptors (Lipinski definition) is 4. The number of alkyl halides is 3. The monoisotopic (exact) mass is 414 g/mol. The van der Waals surface area contributed by atoms with Gasteiger partial charge in [-0.25, -0.2) is 4.98 Å². The summed E-state index contributed by atoms with van der Waals surface area (Å²) in [4.78, 5) is 9.62. The van der Waals surface area contributed by atoms with Gasteiger partial charge in [-0.05, 0) is 45.4 Å². The molecule has 1 aromatic heterocycles. The highest BCUT2D eigenvalue weighted by Gasteiger charge is 2.33. The molecule has 0 saturated carbocycles. The molecule has 2 aromatic rings. The van der Waals surface area contributed by atoms with Gasteiger partial charge in [0.1, 0.15) is 10.8 Å². The Kier molecular flexibility index (Phi) is 7.29. The van der Waals surface area contributed by atoms with Crippen molar-refractivity contribution in [1.29, 1.82) is 0 Å². The zero-order chi connectivity index (χ0) is 20.9. The number of rotatable bonds is 6. The number of aromatic nitrogens is 1. The van der Waals surface area contributed by atoms with Gasteiger partial charge in [0.15, 0.2) is 5.96 Å². The van der Waals surface area contributed by atoms with Crippen LogP contribution in [-0.4, -0.2) is 24.1 Å². The summed E-state index contributed by atoms with van der Waals surface area (Å²) in [5.41, 5.74) is 0.371. The summed E-state index contributed by atoms with van der Waals surface area (Å²) in [5, 5.41) is 6.89. The lowest BCUT2D eigenvalue weighted by molar-refractivity contribution is -0.138. The van der Waals surface area contributed by atoms with E-state index >= 15 is 0 Å². The van der Waals surface area contributed by atoms with E-state index in [1.54, 1.807) is 38.3 Å². The van der Waals surface area contributed by atoms with Crippen LogP contribution in [-0.2, 0) is 19.3 Å². The zero-order valence-electron chi connectivity index (χ0n) is 16.6. The van der Waals surface area contributed by atoms with E-state index in [9.17, 15) is 13.2 Å². The lowest BCUT2D eigenvalue weighted by Gasteiger charge is -2.18. The number of nitrogens with one attached hydrogen (secondary N) is 2. The average Bonchev–Trinajstić information content (AvgIpc) is 2.92. The van der Waals surface area contributed by atoms with Gasteiger partial charge in [0.25, 0.3) is 0 Å². The average molecular weight is 414 g/mol. The van der Waals surface area contributed by atoms with E-state index in [2.05, 4.69) is 20.6 Å². The lowest BCUT2D eigenvalue weighted by Crippen LogP contribution is -2.36. The van der Waals surface area contributed by atoms with E-state index in [0.29, 0.717) is 12.5 Å². The van der Waals surface area contributed by atoms with E-state index < -0.39 is 11.7 Å². The SMILES string of the molecule is CN=C(NCc1nc(C)c(C)s1)NCc1ccc(OC(C)C)cc1C(F)(F)F. The van der Waals surface area contributed by atoms with Gasteiger partial charge in [0.2, 0.25) is 0 Å². The minimum absolute atomic E-state index is 0.0214. The Morgan fingerprint density at radius 3 is 2.43 bits per heavy atom. The molecule has 2 rings (SSSR count). The van der Waals surface area contributed by atoms with E-state index in [1.165, 1.54) is 6.07 Å². The molecule has 0 amide bonds. The van der Waals surface area contributed by atoms with E-state index in [0.717, 1.165) is 21.6 Å². The molecule has 0 spiro atoms. The van der Waals surface area contributed by atoms with Gasteiger partial charge in [0.05, 0.1) is 23.9 Å². The number of guanidine groups is 1. The number of ether oxygens (including phenoxy) is 1. The fraction of sp³-hybridized carbons (Fsp3) is 0.474. The van der Waals surface area contributed by atoms with Gasteiger partial charge in [0, 0.05) is 18.5 Å². The molecule has 0 aliphatic heterocycles. The molecule has 0 saturated heterocycles. The second-order valence-corrected chi connectivity index (χ2v) is 7.80. The molecule has 28 heavy (non-hydrogen) atoms. The minimum atomic E-state index is -4.47. The van der Waals surface area contributed by atoms with Crippen LogP contribution in [0, 0.1) is 13.8 Å². The van der Waals surface area contributed by atoms with Crippen LogP contribution in [0.4, 0.5) is 13.2 Å². The Morgan fingerprint density at radius 1 is 1.21 bits per heavy atom. The van der Waals surface area contributed by atoms with Crippen molar-refractivity contribution in [3.63, 3.8) is 0 Å². The van der Waals surface area contributed by atoms with Crippen LogP contribution in [0.15, 0.2) is 23.2 Å². The van der Waals surface area contributed by atoms with Crippen molar-refractivity contribution < 1.29 is 17.9 Å². The van der Waals surface area contributed by atoms with Crippen LogP contribution >= 0.6 is 11.3 Å². The van der Waals surface area contributed by atoms with Gasteiger partial charge >= 0.3 is 6.18 Å². The quantitative estimate of drug-likeness (QED) is 0.542. The van der Waals surface area contributed by atoms with Gasteiger partial charge in [-0.3, -0.25) is 4.99 Å². The highest BCUT2D eigenvalue weighted by atomic mass is 32.1. The Bertz CT molecular complexity index is 812. The first kappa shape index (κ1) is 22.0. The molecule has 1 aromatic carbocycles. The Morgan fingerprint density at radius 2 is 1.89 bits per heavy atom. The fourth-order valence-corrected chi connectivity index (χ4v) is 3.37. The molecule has 0 atom stereocenters. The maximum absolute atomic E-state index is 13.4. The van der Waals surface area contributed by atoms with Crippen molar-refractivity contribution in [1.82, 2.24) is 15.6 Å². The van der Waals surface area contributed by atoms with Crippen molar-refractivity contribution in [3.8, 4) is 5.75 Å². The molecule has 154 valence electrons. The molecule has 0 unspecified atom stereocenters. The first-order chi connectivity index (χ1) is 13.1. The predicted molar refractivity (Wildman–Crippen MR) is 106 cm³/mol. The van der Waals surface area contributed by atoms with E-state index in [-0.39, 0.29) is 24.0 Å². The molecule has 9 heteroatoms. The number of aliphatic imine (C=N–C) groups is 1. The molecule has 0 bridgehead atoms. The molecule has 0 radical (unpaired) electrons. The summed E-state index contributed by atoms with van der Waals surface area (Å²) in [5.74, 6) is 0.601. The van der Waals surface area contributed by atoms with Crippen LogP contribution in [0.5, 0.6) is 5.75 Å². The number of hydrogen-bond donors (Lipinski definition) is 2. The molecule has 0 aliphatic rings. The second-order valence-electron chi connectivity index (χ2n) is 6.51. The summed E-state index contributed by atoms with van der Waals surface area (Å²) in [6.45, 7) is 7.90. The lowest BCUT2D eigenvalue weighted by atomic mass is 10.1. The summed E-state index contributed by atoms with van der Waals surface area (Å²) < 4.78 is 45.7. The number of aryl methyl sites for hydroxylation is 2. The zero-order valence-corrected chi connectivity index (χ0v) is 17.4. The van der Waals surface area contributed by atoms with E-state index in [4.69, 9.17) is 4.74 Å². The number of nitrogens with zero attached hydrogens (tertiary/aromatic N) is 2. The van der Waals surface area contributed by atoms with Gasteiger partial charge in [-0.2, -0.15) is 13.2 Å². The van der Waals surface area contributed by atoms with Crippen LogP contribution in [0.25, 0.3) is 0 Å². The first-order valence-electron chi connectivity index (χ1n) is 8.84. The van der Waals surface area contributed by atoms with Gasteiger partial charge in [-0.1, -0.05) is 6.07 Å². The topological polar surface area (TPSA) is 58.5 Å². The van der Waals surface area contributed by atoms with Crippen molar-refractivity contribution >= 4 is 17.3 Å². The van der Waals surface area contributed by atoms with Crippen LogP contribution in [0.1, 0.15) is 40.6 Å². The highest BCUT2D eigenvalue weighted by molar-refractivity contribution is 7.11. The normalized spacial score (nSPS) is 12.4. The van der Waals surface area contributed by atoms with Crippen LogP contribution in [0.2, 0.25) is 0 Å². The van der Waals surface area contributed by atoms with E-state index in [1.807, 2.05) is 13.8 Å². The molecule has 5 nitrogen and oxygen atoms in total. The number of thiazole rings is 1. The smallest absolute Gasteiger partial charge is 0.416 e. The highest BCUT2D eigenvalue weighted by Crippen LogP contribution is 2.34. The standard InChI is InChI=1S/C19H25F3N4OS/c1-11(2)27-15-7-6-14(16(8-15)19(20,21)22)9-24-18(23-5)25-10-17-26-12(3)13(4)28-17/h6-8,11H,9-10H2,1-5H3,(H2,23,24,25). The minimum Gasteiger partial charge on any atom is -0.491 e. The fourth-order valence-electron chi connectivity index (χ4n) is 2.49. The predicted octanol–water partition coefficient (Wildman–Crippen LogP) is 4.43. The summed E-state index contributed by atoms with van der Waals surface area (Å²) in [7, 11) is 1.57. The maximum atomic E-state index is 13.4. The van der Waals surface area contributed by atoms with Gasteiger partial charge in [-0.15, -0.1) is 11.3 Å². The third kappa shape index (κ3) is 6.12. The Hall–Kier alpha value is -2.29. The summed E-state index contributed by atoms with van der Waals surface area (Å²) >= 11 is 1.57. The first-order valence-corrected chi connectivity index (χ1v) is 9.66. The third-order valence-corrected chi connectivity index (χ3v) is 4.98. The molecule has 1 heterocycles. The maximum Gasteiger partial charge on any atom is 0.416 e. The Balaban J connectivity index is 2.06. The van der Waals surface area contributed by atoms with Crippen molar-refractivity contribution in [3.05, 3.63) is 44.9 Å². The van der Waals surface area contributed by atoms with Crippen molar-refractivity contribution in [2.45, 2.75) is 53.1 Å². The molecule has 2 N–H and O–H groups in total. The number of halogens is 3. The summed E-state index contributed by atoms with van der Waals surface area (Å²) in [6, 6.07) is 4.01.